The van der Waals surface area contributed by atoms with Gasteiger partial charge in [-0.15, -0.1) is 0 Å². The summed E-state index contributed by atoms with van der Waals surface area (Å²) in [6.07, 6.45) is 0.890. The molecule has 0 saturated carbocycles. The predicted octanol–water partition coefficient (Wildman–Crippen LogP) is 2.45. The second kappa shape index (κ2) is 9.75. The van der Waals surface area contributed by atoms with Crippen LogP contribution in [-0.4, -0.2) is 40.6 Å². The molecule has 0 unspecified atom stereocenters. The van der Waals surface area contributed by atoms with Crippen LogP contribution in [0.4, 0.5) is 0 Å². The fourth-order valence-electron chi connectivity index (χ4n) is 2.15. The average molecular weight is 281 g/mol. The molecule has 1 N–H and O–H groups in total. The summed E-state index contributed by atoms with van der Waals surface area (Å²) in [5, 5.41) is 3.17. The first-order valence-corrected chi connectivity index (χ1v) is 7.13. The van der Waals surface area contributed by atoms with Gasteiger partial charge in [-0.1, -0.05) is 12.1 Å². The number of benzene rings is 1. The Balaban J connectivity index is 2.36. The summed E-state index contributed by atoms with van der Waals surface area (Å²) in [6.45, 7) is 7.75. The Hall–Kier alpha value is -1.10. The van der Waals surface area contributed by atoms with Crippen molar-refractivity contribution in [1.29, 1.82) is 0 Å². The van der Waals surface area contributed by atoms with E-state index >= 15 is 0 Å². The quantitative estimate of drug-likeness (QED) is 0.669. The molecule has 0 amide bonds. The molecule has 4 heteroatoms. The van der Waals surface area contributed by atoms with Crippen LogP contribution in [0.2, 0.25) is 0 Å². The van der Waals surface area contributed by atoms with Gasteiger partial charge in [0.25, 0.3) is 0 Å². The lowest BCUT2D eigenvalue weighted by molar-refractivity contribution is 0.0643. The van der Waals surface area contributed by atoms with Crippen molar-refractivity contribution in [2.24, 2.45) is 0 Å². The highest BCUT2D eigenvalue weighted by Gasteiger charge is 2.06. The maximum absolute atomic E-state index is 5.88. The van der Waals surface area contributed by atoms with Crippen LogP contribution in [0, 0.1) is 13.8 Å². The third-order valence-electron chi connectivity index (χ3n) is 3.01. The van der Waals surface area contributed by atoms with Crippen LogP contribution in [0.25, 0.3) is 0 Å². The summed E-state index contributed by atoms with van der Waals surface area (Å²) in [7, 11) is 3.63. The first-order valence-electron chi connectivity index (χ1n) is 7.13. The third kappa shape index (κ3) is 5.90. The third-order valence-corrected chi connectivity index (χ3v) is 3.01. The van der Waals surface area contributed by atoms with E-state index in [0.29, 0.717) is 26.4 Å². The fourth-order valence-corrected chi connectivity index (χ4v) is 2.15. The maximum Gasteiger partial charge on any atom is 0.125 e. The Morgan fingerprint density at radius 3 is 2.30 bits per heavy atom. The van der Waals surface area contributed by atoms with Crippen LogP contribution in [0.3, 0.4) is 0 Å². The molecular weight excluding hydrogens is 254 g/mol. The minimum Gasteiger partial charge on any atom is -0.493 e. The molecular formula is C16H27NO3. The standard InChI is InChI=1S/C16H27NO3/c1-13-10-15(12-17-3)11-14(2)16(13)20-7-5-6-19-9-8-18-4/h10-11,17H,5-9,12H2,1-4H3. The van der Waals surface area contributed by atoms with Crippen LogP contribution >= 0.6 is 0 Å². The van der Waals surface area contributed by atoms with E-state index in [1.165, 1.54) is 16.7 Å². The number of hydrogen-bond acceptors (Lipinski definition) is 4. The van der Waals surface area contributed by atoms with E-state index < -0.39 is 0 Å². The van der Waals surface area contributed by atoms with E-state index in [-0.39, 0.29) is 0 Å². The first-order chi connectivity index (χ1) is 9.69. The van der Waals surface area contributed by atoms with Crippen molar-refractivity contribution >= 4 is 0 Å². The van der Waals surface area contributed by atoms with Gasteiger partial charge >= 0.3 is 0 Å². The number of methoxy groups -OCH3 is 1. The highest BCUT2D eigenvalue weighted by Crippen LogP contribution is 2.24. The topological polar surface area (TPSA) is 39.7 Å². The highest BCUT2D eigenvalue weighted by molar-refractivity contribution is 5.43. The molecule has 0 aromatic heterocycles. The van der Waals surface area contributed by atoms with Gasteiger partial charge in [0, 0.05) is 26.7 Å². The van der Waals surface area contributed by atoms with E-state index in [4.69, 9.17) is 14.2 Å². The molecule has 4 nitrogen and oxygen atoms in total. The van der Waals surface area contributed by atoms with Crippen LogP contribution < -0.4 is 10.1 Å². The molecule has 0 aliphatic carbocycles. The van der Waals surface area contributed by atoms with Crippen LogP contribution in [-0.2, 0) is 16.0 Å². The van der Waals surface area contributed by atoms with E-state index in [1.54, 1.807) is 7.11 Å². The lowest BCUT2D eigenvalue weighted by Crippen LogP contribution is -2.09. The van der Waals surface area contributed by atoms with Crippen molar-refractivity contribution in [3.63, 3.8) is 0 Å². The molecule has 0 heterocycles. The molecule has 0 bridgehead atoms. The largest absolute Gasteiger partial charge is 0.493 e. The van der Waals surface area contributed by atoms with Crippen molar-refractivity contribution in [2.75, 3.05) is 40.6 Å². The number of ether oxygens (including phenoxy) is 3. The van der Waals surface area contributed by atoms with Gasteiger partial charge in [-0.25, -0.2) is 0 Å². The van der Waals surface area contributed by atoms with Crippen molar-refractivity contribution < 1.29 is 14.2 Å². The molecule has 0 saturated heterocycles. The normalized spacial score (nSPS) is 10.8. The smallest absolute Gasteiger partial charge is 0.125 e. The Morgan fingerprint density at radius 1 is 1.00 bits per heavy atom. The minimum absolute atomic E-state index is 0.645. The summed E-state index contributed by atoms with van der Waals surface area (Å²) in [5.74, 6) is 1.00. The second-order valence-corrected chi connectivity index (χ2v) is 4.90. The molecule has 0 fully saturated rings. The van der Waals surface area contributed by atoms with Gasteiger partial charge in [0.1, 0.15) is 5.75 Å². The fraction of sp³-hybridized carbons (Fsp3) is 0.625. The number of nitrogens with one attached hydrogen (secondary N) is 1. The molecule has 1 aromatic carbocycles. The van der Waals surface area contributed by atoms with Crippen LogP contribution in [0.15, 0.2) is 12.1 Å². The van der Waals surface area contributed by atoms with E-state index in [9.17, 15) is 0 Å². The summed E-state index contributed by atoms with van der Waals surface area (Å²) < 4.78 is 16.2. The van der Waals surface area contributed by atoms with Crippen molar-refractivity contribution in [1.82, 2.24) is 5.32 Å². The van der Waals surface area contributed by atoms with Gasteiger partial charge in [-0.3, -0.25) is 0 Å². The minimum atomic E-state index is 0.645. The molecule has 114 valence electrons. The molecule has 0 spiro atoms. The Bertz CT molecular complexity index is 370. The predicted molar refractivity (Wildman–Crippen MR) is 81.5 cm³/mol. The number of rotatable bonds is 10. The van der Waals surface area contributed by atoms with Gasteiger partial charge in [0.05, 0.1) is 19.8 Å². The lowest BCUT2D eigenvalue weighted by Gasteiger charge is -2.14. The zero-order valence-electron chi connectivity index (χ0n) is 13.1. The molecule has 0 radical (unpaired) electrons. The molecule has 0 atom stereocenters. The van der Waals surface area contributed by atoms with Gasteiger partial charge in [0.15, 0.2) is 0 Å². The van der Waals surface area contributed by atoms with Gasteiger partial charge < -0.3 is 19.5 Å². The summed E-state index contributed by atoms with van der Waals surface area (Å²) in [4.78, 5) is 0. The summed E-state index contributed by atoms with van der Waals surface area (Å²) >= 11 is 0. The molecule has 1 rings (SSSR count). The average Bonchev–Trinajstić information content (AvgIpc) is 2.40. The Morgan fingerprint density at radius 2 is 1.70 bits per heavy atom. The Kier molecular flexibility index (Phi) is 8.26. The lowest BCUT2D eigenvalue weighted by atomic mass is 10.1. The van der Waals surface area contributed by atoms with Crippen molar-refractivity contribution in [2.45, 2.75) is 26.8 Å². The molecule has 1 aromatic rings. The molecule has 0 aliphatic rings. The van der Waals surface area contributed by atoms with Crippen molar-refractivity contribution in [3.8, 4) is 5.75 Å². The van der Waals surface area contributed by atoms with Crippen LogP contribution in [0.1, 0.15) is 23.1 Å². The second-order valence-electron chi connectivity index (χ2n) is 4.90. The first kappa shape index (κ1) is 17.0. The van der Waals surface area contributed by atoms with Crippen LogP contribution in [0.5, 0.6) is 5.75 Å². The zero-order valence-corrected chi connectivity index (χ0v) is 13.1. The van der Waals surface area contributed by atoms with E-state index in [2.05, 4.69) is 31.3 Å². The number of aryl methyl sites for hydroxylation is 2. The van der Waals surface area contributed by atoms with Gasteiger partial charge in [-0.2, -0.15) is 0 Å². The van der Waals surface area contributed by atoms with Gasteiger partial charge in [0.2, 0.25) is 0 Å². The number of hydrogen-bond donors (Lipinski definition) is 1. The summed E-state index contributed by atoms with van der Waals surface area (Å²) in [6, 6.07) is 4.35. The van der Waals surface area contributed by atoms with Crippen molar-refractivity contribution in [3.05, 3.63) is 28.8 Å². The van der Waals surface area contributed by atoms with Gasteiger partial charge in [-0.05, 0) is 37.6 Å². The Labute approximate surface area is 122 Å². The monoisotopic (exact) mass is 281 g/mol. The SMILES string of the molecule is CNCc1cc(C)c(OCCCOCCOC)c(C)c1. The van der Waals surface area contributed by atoms with E-state index in [1.807, 2.05) is 7.05 Å². The van der Waals surface area contributed by atoms with E-state index in [0.717, 1.165) is 18.7 Å². The zero-order chi connectivity index (χ0) is 14.8. The summed E-state index contributed by atoms with van der Waals surface area (Å²) in [5.41, 5.74) is 3.67. The molecule has 20 heavy (non-hydrogen) atoms. The maximum atomic E-state index is 5.88. The highest BCUT2D eigenvalue weighted by atomic mass is 16.5. The molecule has 0 aliphatic heterocycles.